The standard InChI is InChI=1S/C11H14F3N3S.ClH/c12-11(13,14)10-16-3-9(18-10)6-17-4-7-1-15-2-8(7)5-17;/h3,7-8,15H,1-2,4-6H2;1H/t7-,8+;. The second kappa shape index (κ2) is 5.55. The third kappa shape index (κ3) is 3.21. The minimum Gasteiger partial charge on any atom is -0.316 e. The number of nitrogens with one attached hydrogen (secondary N) is 1. The first-order valence-corrected chi connectivity index (χ1v) is 6.79. The largest absolute Gasteiger partial charge is 0.443 e. The molecular weight excluding hydrogens is 299 g/mol. The van der Waals surface area contributed by atoms with Crippen LogP contribution in [0.3, 0.4) is 0 Å². The molecule has 8 heteroatoms. The summed E-state index contributed by atoms with van der Waals surface area (Å²) in [4.78, 5) is 6.40. The number of fused-ring (bicyclic) bond motifs is 1. The number of rotatable bonds is 2. The summed E-state index contributed by atoms with van der Waals surface area (Å²) < 4.78 is 37.3. The number of hydrogen-bond acceptors (Lipinski definition) is 4. The van der Waals surface area contributed by atoms with Gasteiger partial charge in [0.2, 0.25) is 0 Å². The second-order valence-electron chi connectivity index (χ2n) is 5.00. The summed E-state index contributed by atoms with van der Waals surface area (Å²) >= 11 is 0.761. The van der Waals surface area contributed by atoms with Gasteiger partial charge in [-0.3, -0.25) is 4.90 Å². The molecule has 0 amide bonds. The van der Waals surface area contributed by atoms with E-state index in [-0.39, 0.29) is 12.4 Å². The van der Waals surface area contributed by atoms with Gasteiger partial charge in [-0.15, -0.1) is 23.7 Å². The Bertz CT molecular complexity index is 425. The Morgan fingerprint density at radius 3 is 2.47 bits per heavy atom. The molecule has 0 spiro atoms. The molecule has 2 aliphatic heterocycles. The summed E-state index contributed by atoms with van der Waals surface area (Å²) in [5.41, 5.74) is 0. The van der Waals surface area contributed by atoms with Crippen LogP contribution >= 0.6 is 23.7 Å². The van der Waals surface area contributed by atoms with Gasteiger partial charge in [-0.05, 0) is 24.9 Å². The van der Waals surface area contributed by atoms with Crippen molar-refractivity contribution >= 4 is 23.7 Å². The number of alkyl halides is 3. The Hall–Kier alpha value is -0.370. The van der Waals surface area contributed by atoms with Gasteiger partial charge >= 0.3 is 6.18 Å². The highest BCUT2D eigenvalue weighted by molar-refractivity contribution is 7.11. The summed E-state index contributed by atoms with van der Waals surface area (Å²) in [6, 6.07) is 0. The van der Waals surface area contributed by atoms with Crippen LogP contribution in [0, 0.1) is 11.8 Å². The molecule has 1 N–H and O–H groups in total. The van der Waals surface area contributed by atoms with Gasteiger partial charge < -0.3 is 5.32 Å². The van der Waals surface area contributed by atoms with Crippen LogP contribution in [0.15, 0.2) is 6.20 Å². The lowest BCUT2D eigenvalue weighted by Gasteiger charge is -2.15. The zero-order chi connectivity index (χ0) is 12.8. The van der Waals surface area contributed by atoms with Gasteiger partial charge in [0.05, 0.1) is 0 Å². The Morgan fingerprint density at radius 1 is 1.32 bits per heavy atom. The van der Waals surface area contributed by atoms with Crippen molar-refractivity contribution in [1.29, 1.82) is 0 Å². The van der Waals surface area contributed by atoms with E-state index in [2.05, 4.69) is 15.2 Å². The minimum absolute atomic E-state index is 0. The van der Waals surface area contributed by atoms with Crippen molar-refractivity contribution in [1.82, 2.24) is 15.2 Å². The average molecular weight is 314 g/mol. The van der Waals surface area contributed by atoms with E-state index in [0.29, 0.717) is 23.3 Å². The SMILES string of the molecule is Cl.FC(F)(F)c1ncc(CN2C[C@H]3CNC[C@H]3C2)s1. The summed E-state index contributed by atoms with van der Waals surface area (Å²) in [7, 11) is 0. The smallest absolute Gasteiger partial charge is 0.316 e. The van der Waals surface area contributed by atoms with Crippen molar-refractivity contribution in [3.05, 3.63) is 16.1 Å². The molecule has 1 aromatic heterocycles. The Morgan fingerprint density at radius 2 is 1.95 bits per heavy atom. The van der Waals surface area contributed by atoms with Crippen LogP contribution in [0.1, 0.15) is 9.88 Å². The van der Waals surface area contributed by atoms with Crippen LogP contribution < -0.4 is 5.32 Å². The van der Waals surface area contributed by atoms with E-state index in [1.54, 1.807) is 0 Å². The van der Waals surface area contributed by atoms with E-state index in [4.69, 9.17) is 0 Å². The van der Waals surface area contributed by atoms with Crippen molar-refractivity contribution in [2.45, 2.75) is 12.7 Å². The van der Waals surface area contributed by atoms with Crippen LogP contribution in [0.4, 0.5) is 13.2 Å². The molecule has 2 fully saturated rings. The maximum Gasteiger partial charge on any atom is 0.443 e. The highest BCUT2D eigenvalue weighted by Crippen LogP contribution is 2.34. The fraction of sp³-hybridized carbons (Fsp3) is 0.727. The van der Waals surface area contributed by atoms with Crippen LogP contribution in [-0.4, -0.2) is 36.1 Å². The summed E-state index contributed by atoms with van der Waals surface area (Å²) in [6.07, 6.45) is -2.95. The van der Waals surface area contributed by atoms with Crippen LogP contribution in [-0.2, 0) is 12.7 Å². The van der Waals surface area contributed by atoms with E-state index in [1.807, 2.05) is 0 Å². The van der Waals surface area contributed by atoms with Crippen molar-refractivity contribution in [3.8, 4) is 0 Å². The predicted molar refractivity (Wildman–Crippen MR) is 69.5 cm³/mol. The maximum atomic E-state index is 12.4. The Kier molecular flexibility index (Phi) is 4.39. The minimum atomic E-state index is -4.31. The third-order valence-electron chi connectivity index (χ3n) is 3.64. The summed E-state index contributed by atoms with van der Waals surface area (Å²) in [6.45, 7) is 4.64. The summed E-state index contributed by atoms with van der Waals surface area (Å²) in [5.74, 6) is 1.33. The first-order valence-electron chi connectivity index (χ1n) is 5.97. The number of hydrogen-bond donors (Lipinski definition) is 1. The topological polar surface area (TPSA) is 28.2 Å². The molecule has 3 rings (SSSR count). The van der Waals surface area contributed by atoms with Crippen LogP contribution in [0.25, 0.3) is 0 Å². The quantitative estimate of drug-likeness (QED) is 0.907. The molecule has 3 heterocycles. The number of halogens is 4. The predicted octanol–water partition coefficient (Wildman–Crippen LogP) is 2.23. The van der Waals surface area contributed by atoms with Gasteiger partial charge in [0, 0.05) is 30.7 Å². The second-order valence-corrected chi connectivity index (χ2v) is 6.12. The highest BCUT2D eigenvalue weighted by atomic mass is 35.5. The molecule has 1 aromatic rings. The van der Waals surface area contributed by atoms with Gasteiger partial charge in [0.25, 0.3) is 0 Å². The molecule has 0 aromatic carbocycles. The third-order valence-corrected chi connectivity index (χ3v) is 4.67. The number of likely N-dealkylation sites (tertiary alicyclic amines) is 1. The lowest BCUT2D eigenvalue weighted by atomic mass is 10.0. The van der Waals surface area contributed by atoms with E-state index in [0.717, 1.165) is 37.5 Å². The molecule has 2 atom stereocenters. The molecule has 0 aliphatic carbocycles. The van der Waals surface area contributed by atoms with Crippen molar-refractivity contribution in [3.63, 3.8) is 0 Å². The van der Waals surface area contributed by atoms with E-state index >= 15 is 0 Å². The maximum absolute atomic E-state index is 12.4. The zero-order valence-corrected chi connectivity index (χ0v) is 11.7. The Labute approximate surface area is 119 Å². The molecule has 108 valence electrons. The molecule has 0 unspecified atom stereocenters. The lowest BCUT2D eigenvalue weighted by molar-refractivity contribution is -0.137. The van der Waals surface area contributed by atoms with Gasteiger partial charge in [-0.25, -0.2) is 4.98 Å². The fourth-order valence-electron chi connectivity index (χ4n) is 2.81. The van der Waals surface area contributed by atoms with E-state index in [1.165, 1.54) is 6.20 Å². The lowest BCUT2D eigenvalue weighted by Crippen LogP contribution is -2.25. The first kappa shape index (κ1) is 15.0. The van der Waals surface area contributed by atoms with Crippen molar-refractivity contribution in [2.24, 2.45) is 11.8 Å². The number of aromatic nitrogens is 1. The van der Waals surface area contributed by atoms with E-state index < -0.39 is 11.2 Å². The van der Waals surface area contributed by atoms with Gasteiger partial charge in [-0.2, -0.15) is 13.2 Å². The van der Waals surface area contributed by atoms with Crippen molar-refractivity contribution in [2.75, 3.05) is 26.2 Å². The Balaban J connectivity index is 0.00000133. The van der Waals surface area contributed by atoms with Crippen LogP contribution in [0.2, 0.25) is 0 Å². The molecule has 0 radical (unpaired) electrons. The molecule has 19 heavy (non-hydrogen) atoms. The van der Waals surface area contributed by atoms with Gasteiger partial charge in [0.15, 0.2) is 5.01 Å². The fourth-order valence-corrected chi connectivity index (χ4v) is 3.64. The highest BCUT2D eigenvalue weighted by Gasteiger charge is 2.37. The molecule has 3 nitrogen and oxygen atoms in total. The summed E-state index contributed by atoms with van der Waals surface area (Å²) in [5, 5.41) is 2.61. The van der Waals surface area contributed by atoms with Crippen LogP contribution in [0.5, 0.6) is 0 Å². The monoisotopic (exact) mass is 313 g/mol. The van der Waals surface area contributed by atoms with Gasteiger partial charge in [0.1, 0.15) is 0 Å². The molecule has 2 aliphatic rings. The number of thiazole rings is 1. The molecule has 0 bridgehead atoms. The molecule has 0 saturated carbocycles. The van der Waals surface area contributed by atoms with Crippen molar-refractivity contribution < 1.29 is 13.2 Å². The zero-order valence-electron chi connectivity index (χ0n) is 10.1. The average Bonchev–Trinajstić information content (AvgIpc) is 2.90. The van der Waals surface area contributed by atoms with Gasteiger partial charge in [-0.1, -0.05) is 0 Å². The molecule has 2 saturated heterocycles. The first-order chi connectivity index (χ1) is 8.52. The normalized spacial score (nSPS) is 27.3. The van der Waals surface area contributed by atoms with E-state index in [9.17, 15) is 13.2 Å². The molecular formula is C11H15ClF3N3S. The number of nitrogens with zero attached hydrogens (tertiary/aromatic N) is 2.